The predicted octanol–water partition coefficient (Wildman–Crippen LogP) is 4.41. The molecule has 2 aliphatic carbocycles. The van der Waals surface area contributed by atoms with Crippen LogP contribution in [0.25, 0.3) is 11.1 Å². The molecule has 0 aliphatic heterocycles. The van der Waals surface area contributed by atoms with Crippen LogP contribution in [0.4, 0.5) is 4.79 Å². The smallest absolute Gasteiger partial charge is 0.407 e. The van der Waals surface area contributed by atoms with E-state index >= 15 is 0 Å². The first-order valence-electron chi connectivity index (χ1n) is 11.8. The van der Waals surface area contributed by atoms with Crippen LogP contribution in [0.2, 0.25) is 0 Å². The molecule has 1 unspecified atom stereocenters. The highest BCUT2D eigenvalue weighted by atomic mass is 16.5. The van der Waals surface area contributed by atoms with Crippen LogP contribution in [0.1, 0.15) is 57.1 Å². The van der Waals surface area contributed by atoms with Crippen LogP contribution >= 0.6 is 0 Å². The van der Waals surface area contributed by atoms with E-state index in [0.717, 1.165) is 35.1 Å². The summed E-state index contributed by atoms with van der Waals surface area (Å²) in [7, 11) is 0. The number of aliphatic carboxylic acids is 1. The zero-order chi connectivity index (χ0) is 24.5. The fourth-order valence-electron chi connectivity index (χ4n) is 4.76. The van der Waals surface area contributed by atoms with E-state index in [1.54, 1.807) is 20.8 Å². The summed E-state index contributed by atoms with van der Waals surface area (Å²) in [5.74, 6) is -1.18. The van der Waals surface area contributed by atoms with Crippen molar-refractivity contribution in [3.05, 3.63) is 59.7 Å². The van der Waals surface area contributed by atoms with Gasteiger partial charge in [0.1, 0.15) is 13.2 Å². The molecule has 2 amide bonds. The largest absolute Gasteiger partial charge is 0.480 e. The summed E-state index contributed by atoms with van der Waals surface area (Å²) >= 11 is 0. The number of nitrogens with one attached hydrogen (secondary N) is 1. The van der Waals surface area contributed by atoms with Gasteiger partial charge < -0.3 is 20.1 Å². The maximum Gasteiger partial charge on any atom is 0.407 e. The quantitative estimate of drug-likeness (QED) is 0.604. The molecule has 2 aromatic carbocycles. The number of rotatable bonds is 8. The minimum Gasteiger partial charge on any atom is -0.480 e. The molecule has 0 heterocycles. The number of hydrogen-bond acceptors (Lipinski definition) is 4. The molecule has 4 rings (SSSR count). The maximum absolute atomic E-state index is 13.0. The Hall–Kier alpha value is -3.35. The lowest BCUT2D eigenvalue weighted by molar-refractivity contribution is -0.148. The van der Waals surface area contributed by atoms with Crippen LogP contribution in [0.5, 0.6) is 0 Å². The van der Waals surface area contributed by atoms with Gasteiger partial charge in [-0.05, 0) is 61.8 Å². The van der Waals surface area contributed by atoms with E-state index in [9.17, 15) is 19.5 Å². The third-order valence-electron chi connectivity index (χ3n) is 6.64. The number of ether oxygens (including phenoxy) is 1. The number of benzene rings is 2. The summed E-state index contributed by atoms with van der Waals surface area (Å²) in [6.07, 6.45) is 1.36. The van der Waals surface area contributed by atoms with E-state index in [0.29, 0.717) is 0 Å². The van der Waals surface area contributed by atoms with E-state index in [1.807, 2.05) is 24.3 Å². The Morgan fingerprint density at radius 1 is 1.03 bits per heavy atom. The number of amides is 2. The molecule has 1 saturated carbocycles. The van der Waals surface area contributed by atoms with Crippen LogP contribution in [0.3, 0.4) is 0 Å². The van der Waals surface area contributed by atoms with Gasteiger partial charge in [-0.1, -0.05) is 48.5 Å². The molecule has 0 spiro atoms. The molecule has 0 radical (unpaired) electrons. The predicted molar refractivity (Wildman–Crippen MR) is 128 cm³/mol. The fraction of sp³-hybridized carbons (Fsp3) is 0.444. The van der Waals surface area contributed by atoms with Crippen molar-refractivity contribution in [1.82, 2.24) is 10.2 Å². The van der Waals surface area contributed by atoms with Gasteiger partial charge in [0.15, 0.2) is 0 Å². The van der Waals surface area contributed by atoms with Crippen molar-refractivity contribution >= 4 is 18.0 Å². The molecule has 7 heteroatoms. The van der Waals surface area contributed by atoms with Gasteiger partial charge in [0.2, 0.25) is 5.91 Å². The third kappa shape index (κ3) is 5.24. The van der Waals surface area contributed by atoms with Crippen LogP contribution in [-0.4, -0.2) is 52.7 Å². The highest BCUT2D eigenvalue weighted by molar-refractivity contribution is 5.83. The molecule has 1 fully saturated rings. The van der Waals surface area contributed by atoms with E-state index in [2.05, 4.69) is 29.6 Å². The molecular weight excluding hydrogens is 432 g/mol. The first kappa shape index (κ1) is 23.8. The van der Waals surface area contributed by atoms with E-state index in [4.69, 9.17) is 4.74 Å². The number of carbonyl (C=O) groups excluding carboxylic acids is 2. The van der Waals surface area contributed by atoms with Crippen LogP contribution in [0.15, 0.2) is 48.5 Å². The molecule has 2 N–H and O–H groups in total. The van der Waals surface area contributed by atoms with Crippen molar-refractivity contribution in [2.45, 2.75) is 57.5 Å². The Kier molecular flexibility index (Phi) is 6.64. The number of carbonyl (C=O) groups is 3. The molecule has 0 saturated heterocycles. The highest BCUT2D eigenvalue weighted by Crippen LogP contribution is 2.44. The first-order chi connectivity index (χ1) is 16.1. The van der Waals surface area contributed by atoms with Gasteiger partial charge in [0.25, 0.3) is 0 Å². The Morgan fingerprint density at radius 3 is 2.09 bits per heavy atom. The lowest BCUT2D eigenvalue weighted by Crippen LogP contribution is -2.50. The molecular formula is C27H32N2O5. The van der Waals surface area contributed by atoms with Crippen molar-refractivity contribution in [3.63, 3.8) is 0 Å². The summed E-state index contributed by atoms with van der Waals surface area (Å²) in [6.45, 7) is 5.25. The number of fused-ring (bicyclic) bond motifs is 3. The second-order valence-corrected chi connectivity index (χ2v) is 10.2. The van der Waals surface area contributed by atoms with Crippen molar-refractivity contribution in [1.29, 1.82) is 0 Å². The molecule has 1 atom stereocenters. The summed E-state index contributed by atoms with van der Waals surface area (Å²) in [5, 5.41) is 12.1. The average Bonchev–Trinajstić information content (AvgIpc) is 3.58. The zero-order valence-electron chi connectivity index (χ0n) is 19.9. The zero-order valence-corrected chi connectivity index (χ0v) is 19.9. The molecule has 2 aliphatic rings. The molecule has 34 heavy (non-hydrogen) atoms. The normalized spacial score (nSPS) is 15.7. The SMILES string of the molecule is CC(C)(C)N(CC(=O)O)C(=O)CC(NC(=O)OCC1c2ccccc2-c2ccccc21)C1CC1. The Balaban J connectivity index is 1.40. The third-order valence-corrected chi connectivity index (χ3v) is 6.64. The topological polar surface area (TPSA) is 95.9 Å². The second-order valence-electron chi connectivity index (χ2n) is 10.2. The molecule has 2 aromatic rings. The maximum atomic E-state index is 13.0. The van der Waals surface area contributed by atoms with Gasteiger partial charge >= 0.3 is 12.1 Å². The van der Waals surface area contributed by atoms with E-state index < -0.39 is 17.6 Å². The highest BCUT2D eigenvalue weighted by Gasteiger charge is 2.37. The number of alkyl carbamates (subject to hydrolysis) is 1. The van der Waals surface area contributed by atoms with Crippen molar-refractivity contribution in [2.75, 3.05) is 13.2 Å². The van der Waals surface area contributed by atoms with Gasteiger partial charge in [-0.2, -0.15) is 0 Å². The fourth-order valence-corrected chi connectivity index (χ4v) is 4.76. The first-order valence-corrected chi connectivity index (χ1v) is 11.8. The summed E-state index contributed by atoms with van der Waals surface area (Å²) in [6, 6.07) is 15.9. The summed E-state index contributed by atoms with van der Waals surface area (Å²) in [5.41, 5.74) is 3.97. The minimum absolute atomic E-state index is 0.0360. The van der Waals surface area contributed by atoms with E-state index in [-0.39, 0.29) is 43.4 Å². The average molecular weight is 465 g/mol. The Bertz CT molecular complexity index is 1040. The van der Waals surface area contributed by atoms with Crippen LogP contribution in [0, 0.1) is 5.92 Å². The summed E-state index contributed by atoms with van der Waals surface area (Å²) in [4.78, 5) is 38.3. The standard InChI is InChI=1S/C27H32N2O5/c1-27(2,3)29(15-25(31)32)24(30)14-23(17-12-13-17)28-26(33)34-16-22-20-10-6-4-8-18(20)19-9-5-7-11-21(19)22/h4-11,17,22-23H,12-16H2,1-3H3,(H,28,33)(H,31,32). The number of carboxylic acid groups (broad SMARTS) is 1. The van der Waals surface area contributed by atoms with Gasteiger partial charge in [0.05, 0.1) is 0 Å². The van der Waals surface area contributed by atoms with Gasteiger partial charge in [-0.15, -0.1) is 0 Å². The van der Waals surface area contributed by atoms with Gasteiger partial charge in [-0.3, -0.25) is 9.59 Å². The Labute approximate surface area is 200 Å². The van der Waals surface area contributed by atoms with E-state index in [1.165, 1.54) is 4.90 Å². The van der Waals surface area contributed by atoms with Gasteiger partial charge in [0, 0.05) is 23.9 Å². The number of nitrogens with zero attached hydrogens (tertiary/aromatic N) is 1. The lowest BCUT2D eigenvalue weighted by Gasteiger charge is -2.35. The number of carboxylic acids is 1. The molecule has 0 bridgehead atoms. The number of hydrogen-bond donors (Lipinski definition) is 2. The molecule has 0 aromatic heterocycles. The second kappa shape index (κ2) is 9.49. The molecule has 7 nitrogen and oxygen atoms in total. The van der Waals surface area contributed by atoms with Gasteiger partial charge in [-0.25, -0.2) is 4.79 Å². The minimum atomic E-state index is -1.06. The lowest BCUT2D eigenvalue weighted by atomic mass is 9.98. The molecule has 180 valence electrons. The summed E-state index contributed by atoms with van der Waals surface area (Å²) < 4.78 is 5.65. The van der Waals surface area contributed by atoms with Crippen LogP contribution in [-0.2, 0) is 14.3 Å². The van der Waals surface area contributed by atoms with Crippen LogP contribution < -0.4 is 5.32 Å². The van der Waals surface area contributed by atoms with Crippen molar-refractivity contribution in [2.24, 2.45) is 5.92 Å². The van der Waals surface area contributed by atoms with Crippen molar-refractivity contribution < 1.29 is 24.2 Å². The van der Waals surface area contributed by atoms with Crippen molar-refractivity contribution in [3.8, 4) is 11.1 Å². The Morgan fingerprint density at radius 2 is 1.59 bits per heavy atom. The monoisotopic (exact) mass is 464 g/mol.